The number of rotatable bonds is 2. The van der Waals surface area contributed by atoms with Gasteiger partial charge in [-0.2, -0.15) is 0 Å². The van der Waals surface area contributed by atoms with E-state index in [-0.39, 0.29) is 6.61 Å². The van der Waals surface area contributed by atoms with Crippen LogP contribution in [0.3, 0.4) is 0 Å². The first kappa shape index (κ1) is 12.9. The van der Waals surface area contributed by atoms with Gasteiger partial charge in [-0.1, -0.05) is 0 Å². The number of fused-ring (bicyclic) bond motifs is 3. The van der Waals surface area contributed by atoms with Gasteiger partial charge in [-0.05, 0) is 0 Å². The molecule has 4 rings (SSSR count). The average Bonchev–Trinajstić information content (AvgIpc) is 3.17. The zero-order valence-electron chi connectivity index (χ0n) is 11.1. The number of nitrogens with zero attached hydrogens (tertiary/aromatic N) is 5. The molecular weight excluding hydrogens is 278 g/mol. The summed E-state index contributed by atoms with van der Waals surface area (Å²) in [6.45, 7) is 1.11. The van der Waals surface area contributed by atoms with E-state index in [0.29, 0.717) is 18.1 Å². The fourth-order valence-electron chi connectivity index (χ4n) is 2.84. The van der Waals surface area contributed by atoms with Crippen LogP contribution in [0.2, 0.25) is 0 Å². The van der Waals surface area contributed by atoms with Gasteiger partial charge >= 0.3 is 0 Å². The fraction of sp³-hybridized carbons (Fsp3) is 0.583. The predicted octanol–water partition coefficient (Wildman–Crippen LogP) is -1.77. The highest BCUT2D eigenvalue weighted by atomic mass is 16.6. The Morgan fingerprint density at radius 2 is 2.19 bits per heavy atom. The highest BCUT2D eigenvalue weighted by molar-refractivity contribution is 6.09. The quantitative estimate of drug-likeness (QED) is 0.594. The summed E-state index contributed by atoms with van der Waals surface area (Å²) in [4.78, 5) is 14.9. The smallest absolute Gasteiger partial charge is 0.167 e. The van der Waals surface area contributed by atoms with Crippen LogP contribution in [0.15, 0.2) is 16.3 Å². The molecule has 3 aliphatic rings. The lowest BCUT2D eigenvalue weighted by atomic mass is 10.1. The molecule has 9 nitrogen and oxygen atoms in total. The molecule has 0 amide bonds. The van der Waals surface area contributed by atoms with Crippen molar-refractivity contribution in [3.8, 4) is 0 Å². The van der Waals surface area contributed by atoms with E-state index in [1.165, 1.54) is 6.33 Å². The number of hydrogen-bond acceptors (Lipinski definition) is 8. The normalized spacial score (nSPS) is 34.0. The van der Waals surface area contributed by atoms with Crippen LogP contribution in [0.1, 0.15) is 11.9 Å². The average molecular weight is 293 g/mol. The van der Waals surface area contributed by atoms with E-state index in [9.17, 15) is 10.2 Å². The molecule has 4 atom stereocenters. The molecule has 0 radical (unpaired) electrons. The van der Waals surface area contributed by atoms with Crippen molar-refractivity contribution in [2.24, 2.45) is 9.98 Å². The number of aromatic nitrogens is 2. The second-order valence-electron chi connectivity index (χ2n) is 5.20. The van der Waals surface area contributed by atoms with E-state index >= 15 is 0 Å². The van der Waals surface area contributed by atoms with Crippen molar-refractivity contribution in [3.63, 3.8) is 0 Å². The maximum Gasteiger partial charge on any atom is 0.167 e. The maximum absolute atomic E-state index is 10.1. The Bertz CT molecular complexity index is 627. The van der Waals surface area contributed by atoms with E-state index in [1.807, 2.05) is 4.90 Å². The van der Waals surface area contributed by atoms with Crippen molar-refractivity contribution >= 4 is 18.0 Å². The molecular formula is C12H15N5O4. The molecule has 1 saturated heterocycles. The number of hydrogen-bond donors (Lipinski definition) is 3. The van der Waals surface area contributed by atoms with Crippen LogP contribution in [-0.2, 0) is 4.74 Å². The van der Waals surface area contributed by atoms with Gasteiger partial charge in [-0.25, -0.2) is 9.98 Å². The molecule has 1 fully saturated rings. The van der Waals surface area contributed by atoms with Gasteiger partial charge in [0.25, 0.3) is 0 Å². The van der Waals surface area contributed by atoms with E-state index in [0.717, 1.165) is 12.4 Å². The lowest BCUT2D eigenvalue weighted by molar-refractivity contribution is -0.0519. The molecule has 0 aromatic carbocycles. The summed E-state index contributed by atoms with van der Waals surface area (Å²) < 4.78 is 7.07. The number of amidine groups is 1. The predicted molar refractivity (Wildman–Crippen MR) is 71.5 cm³/mol. The molecule has 9 heteroatoms. The third-order valence-corrected chi connectivity index (χ3v) is 3.96. The van der Waals surface area contributed by atoms with Gasteiger partial charge in [-0.15, -0.1) is 0 Å². The Hall–Kier alpha value is -1.81. The number of ether oxygens (including phenoxy) is 1. The third-order valence-electron chi connectivity index (χ3n) is 3.96. The van der Waals surface area contributed by atoms with Gasteiger partial charge in [0.2, 0.25) is 0 Å². The topological polar surface area (TPSA) is 116 Å². The van der Waals surface area contributed by atoms with Gasteiger partial charge in [-0.3, -0.25) is 9.56 Å². The van der Waals surface area contributed by atoms with Gasteiger partial charge in [0.05, 0.1) is 25.8 Å². The minimum Gasteiger partial charge on any atom is -0.394 e. The van der Waals surface area contributed by atoms with Crippen LogP contribution in [0.5, 0.6) is 0 Å². The molecule has 21 heavy (non-hydrogen) atoms. The highest BCUT2D eigenvalue weighted by Crippen LogP contribution is 2.35. The van der Waals surface area contributed by atoms with Crippen LogP contribution in [0, 0.1) is 0 Å². The second kappa shape index (κ2) is 4.60. The summed E-state index contributed by atoms with van der Waals surface area (Å²) in [6.07, 6.45) is -0.777. The fourth-order valence-corrected chi connectivity index (χ4v) is 2.84. The van der Waals surface area contributed by atoms with E-state index < -0.39 is 24.5 Å². The summed E-state index contributed by atoms with van der Waals surface area (Å²) in [5.74, 6) is 1.28. The first-order valence-electron chi connectivity index (χ1n) is 6.75. The van der Waals surface area contributed by atoms with Crippen molar-refractivity contribution in [2.45, 2.75) is 24.5 Å². The van der Waals surface area contributed by atoms with Crippen molar-refractivity contribution in [1.82, 2.24) is 14.5 Å². The summed E-state index contributed by atoms with van der Waals surface area (Å²) >= 11 is 0. The summed E-state index contributed by atoms with van der Waals surface area (Å²) in [7, 11) is 0. The molecule has 112 valence electrons. The SMILES string of the molecule is OC[C@H]1O[C@@H](n2cnc3c2N=CN2CCN=C32)[C@H](O)[C@@H]1O. The van der Waals surface area contributed by atoms with Crippen molar-refractivity contribution < 1.29 is 20.1 Å². The van der Waals surface area contributed by atoms with E-state index in [4.69, 9.17) is 9.84 Å². The standard InChI is InChI=1S/C12H15N5O4/c18-3-6-8(19)9(20)12(21-6)17-5-14-7-10-13-1-2-16(10)4-15-11(7)17/h4-6,8-9,12,18-20H,1-3H2/t6-,8-,9-,12-/m1/s1. The summed E-state index contributed by atoms with van der Waals surface area (Å²) in [6, 6.07) is 0. The zero-order valence-corrected chi connectivity index (χ0v) is 11.1. The first-order chi connectivity index (χ1) is 10.2. The Kier molecular flexibility index (Phi) is 2.82. The van der Waals surface area contributed by atoms with Gasteiger partial charge in [0.15, 0.2) is 23.6 Å². The molecule has 3 N–H and O–H groups in total. The maximum atomic E-state index is 10.1. The molecule has 1 aromatic heterocycles. The molecule has 0 aliphatic carbocycles. The van der Waals surface area contributed by atoms with Crippen molar-refractivity contribution in [2.75, 3.05) is 19.7 Å². The largest absolute Gasteiger partial charge is 0.394 e. The molecule has 0 unspecified atom stereocenters. The number of imidazole rings is 1. The van der Waals surface area contributed by atoms with Gasteiger partial charge in [0, 0.05) is 6.54 Å². The van der Waals surface area contributed by atoms with Crippen molar-refractivity contribution in [3.05, 3.63) is 12.0 Å². The third kappa shape index (κ3) is 1.75. The lowest BCUT2D eigenvalue weighted by Gasteiger charge is -2.21. The molecule has 4 heterocycles. The number of aliphatic imine (C=N–C) groups is 2. The Balaban J connectivity index is 1.72. The molecule has 3 aliphatic heterocycles. The minimum absolute atomic E-state index is 0.366. The number of aliphatic hydroxyl groups is 3. The lowest BCUT2D eigenvalue weighted by Crippen LogP contribution is -2.33. The minimum atomic E-state index is -1.15. The molecule has 1 aromatic rings. The van der Waals surface area contributed by atoms with Gasteiger partial charge < -0.3 is 25.0 Å². The van der Waals surface area contributed by atoms with E-state index in [1.54, 1.807) is 10.9 Å². The van der Waals surface area contributed by atoms with Crippen LogP contribution in [0.25, 0.3) is 0 Å². The van der Waals surface area contributed by atoms with Crippen LogP contribution in [0.4, 0.5) is 5.82 Å². The van der Waals surface area contributed by atoms with Crippen LogP contribution >= 0.6 is 0 Å². The Morgan fingerprint density at radius 3 is 2.95 bits per heavy atom. The molecule has 0 bridgehead atoms. The van der Waals surface area contributed by atoms with Gasteiger partial charge in [0.1, 0.15) is 18.3 Å². The number of aliphatic hydroxyl groups excluding tert-OH is 3. The summed E-state index contributed by atoms with van der Waals surface area (Å²) in [5.41, 5.74) is 0.632. The van der Waals surface area contributed by atoms with Crippen LogP contribution in [-0.4, -0.2) is 80.0 Å². The summed E-state index contributed by atoms with van der Waals surface area (Å²) in [5, 5.41) is 29.1. The van der Waals surface area contributed by atoms with Crippen molar-refractivity contribution in [1.29, 1.82) is 0 Å². The van der Waals surface area contributed by atoms with E-state index in [2.05, 4.69) is 15.0 Å². The Labute approximate surface area is 119 Å². The molecule has 0 spiro atoms. The first-order valence-corrected chi connectivity index (χ1v) is 6.75. The monoisotopic (exact) mass is 293 g/mol. The Morgan fingerprint density at radius 1 is 1.33 bits per heavy atom. The second-order valence-corrected chi connectivity index (χ2v) is 5.20. The highest BCUT2D eigenvalue weighted by Gasteiger charge is 2.44. The van der Waals surface area contributed by atoms with Crippen LogP contribution < -0.4 is 0 Å². The molecule has 0 saturated carbocycles. The zero-order chi connectivity index (χ0) is 14.6.